The molecule has 1 nitrogen and oxygen atoms in total. The number of ketones is 1. The molecule has 0 fully saturated rings. The van der Waals surface area contributed by atoms with Gasteiger partial charge in [0.05, 0.1) is 0 Å². The summed E-state index contributed by atoms with van der Waals surface area (Å²) >= 11 is 0. The summed E-state index contributed by atoms with van der Waals surface area (Å²) in [7, 11) is -4.60. The van der Waals surface area contributed by atoms with Gasteiger partial charge in [0.1, 0.15) is 58.7 Å². The van der Waals surface area contributed by atoms with Crippen LogP contribution in [-0.4, -0.2) is 18.1 Å². The lowest BCUT2D eigenvalue weighted by atomic mass is 10.3. The van der Waals surface area contributed by atoms with E-state index in [1.807, 2.05) is 0 Å². The molecule has 0 aliphatic heterocycles. The van der Waals surface area contributed by atoms with Gasteiger partial charge in [-0.25, -0.2) is 0 Å². The Balaban J connectivity index is 0.00000221. The molecule has 0 saturated heterocycles. The quantitative estimate of drug-likeness (QED) is 0.132. The lowest BCUT2D eigenvalue weighted by molar-refractivity contribution is -0.114. The Hall–Kier alpha value is -3.19. The molecule has 0 N–H and O–H groups in total. The summed E-state index contributed by atoms with van der Waals surface area (Å²) in [5.41, 5.74) is 0. The van der Waals surface area contributed by atoms with E-state index in [-0.39, 0.29) is 34.0 Å². The molecule has 0 bridgehead atoms. The van der Waals surface area contributed by atoms with Gasteiger partial charge in [-0.05, 0) is 72.8 Å². The first-order valence-corrected chi connectivity index (χ1v) is 18.3. The average Bonchev–Trinajstić information content (AvgIpc) is 3.08. The number of carbonyl (C=O) groups excluding carboxylic acids is 1. The van der Waals surface area contributed by atoms with Crippen molar-refractivity contribution in [2.45, 2.75) is 0 Å². The molecule has 0 atom stereocenters. The Morgan fingerprint density at radius 3 is 0.636 bits per heavy atom. The van der Waals surface area contributed by atoms with E-state index >= 15 is 0 Å². The highest BCUT2D eigenvalue weighted by Crippen LogP contribution is 2.59. The molecule has 0 aliphatic rings. The third kappa shape index (κ3) is 6.73. The number of hydrogen-bond acceptors (Lipinski definition) is 1. The smallest absolute Gasteiger partial charge is 0.209 e. The Labute approximate surface area is 283 Å². The van der Waals surface area contributed by atoms with Crippen molar-refractivity contribution in [2.24, 2.45) is 0 Å². The lowest BCUT2D eigenvalue weighted by Crippen LogP contribution is -2.40. The number of Topliss-reactive ketones (excluding diaryl/α,β-unsaturated/α-hetero) is 1. The first-order chi connectivity index (χ1) is 20.7. The van der Waals surface area contributed by atoms with Crippen molar-refractivity contribution in [3.05, 3.63) is 182 Å². The summed E-state index contributed by atoms with van der Waals surface area (Å²) in [6.45, 7) is 0. The van der Waals surface area contributed by atoms with Crippen molar-refractivity contribution in [1.29, 1.82) is 0 Å². The summed E-state index contributed by atoms with van der Waals surface area (Å²) in [5, 5.41) is 7.41. The van der Waals surface area contributed by atoms with E-state index in [1.165, 1.54) is 31.8 Å². The lowest BCUT2D eigenvalue weighted by Gasteiger charge is -2.30. The van der Waals surface area contributed by atoms with E-state index in [9.17, 15) is 4.79 Å². The summed E-state index contributed by atoms with van der Waals surface area (Å²) in [6.07, 6.45) is 0.943. The third-order valence-electron chi connectivity index (χ3n) is 8.01. The van der Waals surface area contributed by atoms with Crippen LogP contribution in [0.5, 0.6) is 0 Å². The van der Waals surface area contributed by atoms with Crippen LogP contribution < -0.4 is 31.8 Å². The summed E-state index contributed by atoms with van der Waals surface area (Å²) in [6, 6.07) is 64.3. The third-order valence-corrected chi connectivity index (χ3v) is 16.7. The molecule has 0 heterocycles. The fourth-order valence-corrected chi connectivity index (χ4v) is 14.5. The highest BCUT2D eigenvalue weighted by molar-refractivity contribution is 8.93. The van der Waals surface area contributed by atoms with Gasteiger partial charge in [-0.2, -0.15) is 0 Å². The monoisotopic (exact) mass is 740 g/mol. The van der Waals surface area contributed by atoms with Crippen molar-refractivity contribution < 1.29 is 4.79 Å². The molecule has 0 unspecified atom stereocenters. The number of carbonyl (C=O) groups is 1. The molecule has 0 amide bonds. The van der Waals surface area contributed by atoms with Crippen LogP contribution in [-0.2, 0) is 4.79 Å². The molecule has 6 aromatic carbocycles. The van der Waals surface area contributed by atoms with Gasteiger partial charge in [-0.1, -0.05) is 109 Å². The maximum absolute atomic E-state index is 15.0. The SMILES string of the molecule is Br.Br.O=C(C[P+](c1ccccc1)(c1ccccc1)c1ccccc1)C[P+](c1ccccc1)(c1ccccc1)c1ccccc1. The minimum atomic E-state index is -2.30. The molecule has 6 aromatic rings. The zero-order chi connectivity index (χ0) is 28.7. The maximum atomic E-state index is 15.0. The van der Waals surface area contributed by atoms with Gasteiger partial charge in [0, 0.05) is 0 Å². The number of hydrogen-bond donors (Lipinski definition) is 0. The van der Waals surface area contributed by atoms with Gasteiger partial charge in [-0.3, -0.25) is 4.79 Å². The van der Waals surface area contributed by atoms with Gasteiger partial charge in [0.15, 0.2) is 0 Å². The van der Waals surface area contributed by atoms with Gasteiger partial charge in [0.25, 0.3) is 0 Å². The van der Waals surface area contributed by atoms with E-state index in [0.29, 0.717) is 18.1 Å². The van der Waals surface area contributed by atoms with Crippen LogP contribution in [0, 0.1) is 0 Å². The standard InChI is InChI=1S/C39H34OP2.2BrH/c40-33(31-41(34-19-7-1-8-20-34,35-21-9-2-10-22-35)36-23-11-3-12-24-36)32-42(37-25-13-4-14-26-37,38-27-15-5-16-28-38)39-29-17-6-18-30-39;;/h1-30H,31-32H2;2*1H/q+2;;. The van der Waals surface area contributed by atoms with Gasteiger partial charge in [-0.15, -0.1) is 34.0 Å². The predicted octanol–water partition coefficient (Wildman–Crippen LogP) is 7.70. The van der Waals surface area contributed by atoms with Crippen molar-refractivity contribution in [1.82, 2.24) is 0 Å². The van der Waals surface area contributed by atoms with E-state index in [0.717, 1.165) is 0 Å². The maximum Gasteiger partial charge on any atom is 0.209 e. The van der Waals surface area contributed by atoms with E-state index < -0.39 is 14.5 Å². The molecular weight excluding hydrogens is 706 g/mol. The molecule has 0 saturated carbocycles. The van der Waals surface area contributed by atoms with Gasteiger partial charge < -0.3 is 0 Å². The Morgan fingerprint density at radius 1 is 0.318 bits per heavy atom. The highest BCUT2D eigenvalue weighted by Gasteiger charge is 2.52. The van der Waals surface area contributed by atoms with E-state index in [1.54, 1.807) is 0 Å². The molecule has 0 aliphatic carbocycles. The molecule has 44 heavy (non-hydrogen) atoms. The minimum Gasteiger partial charge on any atom is -0.291 e. The molecule has 0 radical (unpaired) electrons. The number of rotatable bonds is 10. The normalized spacial score (nSPS) is 11.1. The second-order valence-corrected chi connectivity index (χ2v) is 17.5. The van der Waals surface area contributed by atoms with Crippen LogP contribution in [0.2, 0.25) is 0 Å². The topological polar surface area (TPSA) is 17.1 Å². The molecule has 220 valence electrons. The Morgan fingerprint density at radius 2 is 0.477 bits per heavy atom. The molecule has 0 spiro atoms. The predicted molar refractivity (Wildman–Crippen MR) is 206 cm³/mol. The minimum absolute atomic E-state index is 0. The van der Waals surface area contributed by atoms with Crippen molar-refractivity contribution in [2.75, 3.05) is 12.3 Å². The van der Waals surface area contributed by atoms with Crippen LogP contribution >= 0.6 is 48.5 Å². The van der Waals surface area contributed by atoms with Crippen LogP contribution in [0.25, 0.3) is 0 Å². The first-order valence-electron chi connectivity index (χ1n) is 14.3. The fourth-order valence-electron chi connectivity index (χ4n) is 6.12. The number of halogens is 2. The fraction of sp³-hybridized carbons (Fsp3) is 0.0513. The van der Waals surface area contributed by atoms with Crippen molar-refractivity contribution >= 4 is 86.1 Å². The highest BCUT2D eigenvalue weighted by atomic mass is 79.9. The second-order valence-electron chi connectivity index (χ2n) is 10.5. The van der Waals surface area contributed by atoms with Crippen molar-refractivity contribution in [3.63, 3.8) is 0 Å². The first kappa shape index (κ1) is 33.7. The average molecular weight is 742 g/mol. The molecular formula is C39H36Br2OP2+2. The largest absolute Gasteiger partial charge is 0.291 e. The van der Waals surface area contributed by atoms with Crippen LogP contribution in [0.4, 0.5) is 0 Å². The molecule has 5 heteroatoms. The Kier molecular flexibility index (Phi) is 12.0. The van der Waals surface area contributed by atoms with Gasteiger partial charge in [0.2, 0.25) is 5.78 Å². The summed E-state index contributed by atoms with van der Waals surface area (Å²) in [5.74, 6) is 0.296. The zero-order valence-corrected chi connectivity index (χ0v) is 29.6. The van der Waals surface area contributed by atoms with Crippen LogP contribution in [0.1, 0.15) is 0 Å². The summed E-state index contributed by atoms with van der Waals surface area (Å²) in [4.78, 5) is 15.0. The molecule has 0 aromatic heterocycles. The van der Waals surface area contributed by atoms with E-state index in [4.69, 9.17) is 0 Å². The summed E-state index contributed by atoms with van der Waals surface area (Å²) < 4.78 is 0. The van der Waals surface area contributed by atoms with Crippen LogP contribution in [0.3, 0.4) is 0 Å². The molecule has 6 rings (SSSR count). The number of benzene rings is 6. The van der Waals surface area contributed by atoms with E-state index in [2.05, 4.69) is 182 Å². The van der Waals surface area contributed by atoms with Crippen molar-refractivity contribution in [3.8, 4) is 0 Å². The zero-order valence-electron chi connectivity index (χ0n) is 24.4. The van der Waals surface area contributed by atoms with Gasteiger partial charge >= 0.3 is 0 Å². The van der Waals surface area contributed by atoms with Crippen LogP contribution in [0.15, 0.2) is 182 Å². The Bertz CT molecular complexity index is 1390. The second kappa shape index (κ2) is 15.7.